The van der Waals surface area contributed by atoms with Gasteiger partial charge in [0.25, 0.3) is 0 Å². The van der Waals surface area contributed by atoms with Gasteiger partial charge in [-0.15, -0.1) is 0 Å². The van der Waals surface area contributed by atoms with Crippen molar-refractivity contribution < 1.29 is 0 Å². The topological polar surface area (TPSA) is 65.4 Å². The summed E-state index contributed by atoms with van der Waals surface area (Å²) in [6.45, 7) is 6.79. The van der Waals surface area contributed by atoms with Gasteiger partial charge in [-0.1, -0.05) is 44.7 Å². The maximum Gasteiger partial charge on any atom is 0.117 e. The molecule has 27 heavy (non-hydrogen) atoms. The summed E-state index contributed by atoms with van der Waals surface area (Å²) in [6, 6.07) is 12.5. The maximum atomic E-state index is 9.67. The van der Waals surface area contributed by atoms with E-state index in [0.717, 1.165) is 21.9 Å². The van der Waals surface area contributed by atoms with Crippen LogP contribution in [0.2, 0.25) is 0 Å². The summed E-state index contributed by atoms with van der Waals surface area (Å²) in [4.78, 5) is 13.0. The second kappa shape index (κ2) is 7.36. The molecule has 0 spiro atoms. The Morgan fingerprint density at radius 3 is 2.81 bits per heavy atom. The minimum Gasteiger partial charge on any atom is -0.341 e. The molecule has 2 aromatic heterocycles. The Morgan fingerprint density at radius 1 is 1.26 bits per heavy atom. The molecular weight excluding hydrogens is 352 g/mol. The quantitative estimate of drug-likeness (QED) is 0.588. The molecule has 5 heteroatoms. The number of nitrogens with zero attached hydrogens (tertiary/aromatic N) is 3. The number of thioether (sulfide) groups is 1. The third-order valence-electron chi connectivity index (χ3n) is 5.55. The van der Waals surface area contributed by atoms with Crippen LogP contribution in [0.5, 0.6) is 0 Å². The minimum atomic E-state index is 0.476. The van der Waals surface area contributed by atoms with Gasteiger partial charge in [-0.25, -0.2) is 9.97 Å². The lowest BCUT2D eigenvalue weighted by atomic mass is 9.75. The second-order valence-corrected chi connectivity index (χ2v) is 8.71. The number of H-pyrrole nitrogens is 1. The number of para-hydroxylation sites is 2. The number of rotatable bonds is 4. The Balaban J connectivity index is 1.65. The number of imidazole rings is 1. The Kier molecular flexibility index (Phi) is 4.92. The standard InChI is InChI=1S/C22H24N4S/c1-13(2)16-9-8-14(3)17-10-15(11-23)22(26-21(16)17)27-12-20-24-18-6-4-5-7-19(18)25-20/h4-7,10,13-14,16H,8-9,12H2,1-3H3,(H,24,25). The van der Waals surface area contributed by atoms with Crippen LogP contribution in [0, 0.1) is 17.2 Å². The summed E-state index contributed by atoms with van der Waals surface area (Å²) < 4.78 is 0. The molecule has 2 unspecified atom stereocenters. The van der Waals surface area contributed by atoms with Crippen LogP contribution in [0.3, 0.4) is 0 Å². The third kappa shape index (κ3) is 3.46. The molecule has 0 radical (unpaired) electrons. The molecule has 0 saturated carbocycles. The van der Waals surface area contributed by atoms with Crippen molar-refractivity contribution in [2.75, 3.05) is 0 Å². The summed E-state index contributed by atoms with van der Waals surface area (Å²) in [5, 5.41) is 10.5. The highest BCUT2D eigenvalue weighted by Gasteiger charge is 2.29. The smallest absolute Gasteiger partial charge is 0.117 e. The van der Waals surface area contributed by atoms with Crippen molar-refractivity contribution in [3.8, 4) is 6.07 Å². The first-order chi connectivity index (χ1) is 13.1. The molecule has 1 aromatic carbocycles. The number of nitriles is 1. The highest BCUT2D eigenvalue weighted by atomic mass is 32.2. The molecule has 4 nitrogen and oxygen atoms in total. The van der Waals surface area contributed by atoms with Crippen LogP contribution in [-0.2, 0) is 5.75 Å². The van der Waals surface area contributed by atoms with Gasteiger partial charge in [0.15, 0.2) is 0 Å². The minimum absolute atomic E-state index is 0.476. The van der Waals surface area contributed by atoms with Gasteiger partial charge in [-0.2, -0.15) is 5.26 Å². The van der Waals surface area contributed by atoms with Crippen LogP contribution in [0.15, 0.2) is 35.4 Å². The fraction of sp³-hybridized carbons (Fsp3) is 0.409. The average Bonchev–Trinajstić information content (AvgIpc) is 3.08. The van der Waals surface area contributed by atoms with E-state index in [2.05, 4.69) is 42.9 Å². The van der Waals surface area contributed by atoms with E-state index in [4.69, 9.17) is 4.98 Å². The van der Waals surface area contributed by atoms with Gasteiger partial charge in [0, 0.05) is 11.6 Å². The lowest BCUT2D eigenvalue weighted by Gasteiger charge is -2.31. The number of aromatic amines is 1. The number of aromatic nitrogens is 3. The van der Waals surface area contributed by atoms with Gasteiger partial charge in [0.1, 0.15) is 16.9 Å². The summed E-state index contributed by atoms with van der Waals surface area (Å²) in [5.41, 5.74) is 5.17. The summed E-state index contributed by atoms with van der Waals surface area (Å²) in [5.74, 6) is 3.11. The Morgan fingerprint density at radius 2 is 2.07 bits per heavy atom. The molecule has 0 bridgehead atoms. The molecule has 0 fully saturated rings. The van der Waals surface area contributed by atoms with Crippen molar-refractivity contribution in [2.45, 2.75) is 56.2 Å². The summed E-state index contributed by atoms with van der Waals surface area (Å²) >= 11 is 1.60. The Hall–Kier alpha value is -2.32. The highest BCUT2D eigenvalue weighted by Crippen LogP contribution is 2.43. The number of pyridine rings is 1. The summed E-state index contributed by atoms with van der Waals surface area (Å²) in [7, 11) is 0. The fourth-order valence-electron chi connectivity index (χ4n) is 3.99. The van der Waals surface area contributed by atoms with Crippen molar-refractivity contribution in [3.05, 3.63) is 53.0 Å². The average molecular weight is 377 g/mol. The first-order valence-electron chi connectivity index (χ1n) is 9.58. The van der Waals surface area contributed by atoms with Crippen LogP contribution in [0.1, 0.15) is 68.1 Å². The predicted octanol–water partition coefficient (Wildman–Crippen LogP) is 5.76. The molecule has 3 aromatic rings. The van der Waals surface area contributed by atoms with Crippen LogP contribution >= 0.6 is 11.8 Å². The van der Waals surface area contributed by atoms with Gasteiger partial charge in [-0.05, 0) is 48.4 Å². The van der Waals surface area contributed by atoms with Crippen LogP contribution in [0.4, 0.5) is 0 Å². The van der Waals surface area contributed by atoms with Crippen LogP contribution in [0.25, 0.3) is 11.0 Å². The fourth-order valence-corrected chi connectivity index (χ4v) is 4.82. The monoisotopic (exact) mass is 376 g/mol. The molecule has 0 amide bonds. The van der Waals surface area contributed by atoms with Crippen LogP contribution in [-0.4, -0.2) is 15.0 Å². The molecule has 1 N–H and O–H groups in total. The number of benzene rings is 1. The first-order valence-corrected chi connectivity index (χ1v) is 10.6. The SMILES string of the molecule is CC1CCC(C(C)C)c2nc(SCc3nc4ccccc4[nH]3)c(C#N)cc21. The number of nitrogens with one attached hydrogen (secondary N) is 1. The second-order valence-electron chi connectivity index (χ2n) is 7.75. The van der Waals surface area contributed by atoms with E-state index < -0.39 is 0 Å². The van der Waals surface area contributed by atoms with E-state index in [1.54, 1.807) is 11.8 Å². The molecule has 4 rings (SSSR count). The van der Waals surface area contributed by atoms with Gasteiger partial charge in [0.05, 0.1) is 22.3 Å². The molecular formula is C22H24N4S. The highest BCUT2D eigenvalue weighted by molar-refractivity contribution is 7.98. The first kappa shape index (κ1) is 18.1. The van der Waals surface area contributed by atoms with Crippen molar-refractivity contribution >= 4 is 22.8 Å². The molecule has 1 aliphatic carbocycles. The number of fused-ring (bicyclic) bond motifs is 2. The molecule has 0 saturated heterocycles. The normalized spacial score (nSPS) is 19.2. The summed E-state index contributed by atoms with van der Waals surface area (Å²) in [6.07, 6.45) is 2.35. The van der Waals surface area contributed by atoms with Crippen molar-refractivity contribution in [2.24, 2.45) is 5.92 Å². The number of hydrogen-bond acceptors (Lipinski definition) is 4. The van der Waals surface area contributed by atoms with E-state index in [0.29, 0.717) is 29.1 Å². The zero-order valence-electron chi connectivity index (χ0n) is 16.0. The molecule has 2 heterocycles. The lowest BCUT2D eigenvalue weighted by molar-refractivity contribution is 0.398. The molecule has 1 aliphatic rings. The van der Waals surface area contributed by atoms with Crippen molar-refractivity contribution in [1.82, 2.24) is 15.0 Å². The Labute approximate surface area is 164 Å². The third-order valence-corrected chi connectivity index (χ3v) is 6.55. The molecule has 2 atom stereocenters. The zero-order valence-corrected chi connectivity index (χ0v) is 16.8. The predicted molar refractivity (Wildman–Crippen MR) is 110 cm³/mol. The van der Waals surface area contributed by atoms with E-state index in [1.807, 2.05) is 24.3 Å². The van der Waals surface area contributed by atoms with Gasteiger partial charge >= 0.3 is 0 Å². The Bertz CT molecular complexity index is 982. The number of hydrogen-bond donors (Lipinski definition) is 1. The largest absolute Gasteiger partial charge is 0.341 e. The van der Waals surface area contributed by atoms with Gasteiger partial charge in [-0.3, -0.25) is 0 Å². The van der Waals surface area contributed by atoms with Gasteiger partial charge in [0.2, 0.25) is 0 Å². The zero-order chi connectivity index (χ0) is 19.0. The van der Waals surface area contributed by atoms with Crippen molar-refractivity contribution in [3.63, 3.8) is 0 Å². The molecule has 0 aliphatic heterocycles. The van der Waals surface area contributed by atoms with E-state index in [1.165, 1.54) is 24.1 Å². The van der Waals surface area contributed by atoms with Gasteiger partial charge < -0.3 is 4.98 Å². The lowest BCUT2D eigenvalue weighted by Crippen LogP contribution is -2.19. The van der Waals surface area contributed by atoms with E-state index in [9.17, 15) is 5.26 Å². The molecule has 138 valence electrons. The van der Waals surface area contributed by atoms with E-state index in [-0.39, 0.29) is 0 Å². The van der Waals surface area contributed by atoms with E-state index >= 15 is 0 Å². The maximum absolute atomic E-state index is 9.67. The van der Waals surface area contributed by atoms with Crippen molar-refractivity contribution in [1.29, 1.82) is 5.26 Å². The van der Waals surface area contributed by atoms with Crippen LogP contribution < -0.4 is 0 Å².